The highest BCUT2D eigenvalue weighted by Gasteiger charge is 1.98. The number of aromatic nitrogens is 1. The third-order valence-electron chi connectivity index (χ3n) is 2.51. The third-order valence-corrected chi connectivity index (χ3v) is 2.51. The minimum atomic E-state index is 0.815. The number of benzene rings is 1. The summed E-state index contributed by atoms with van der Waals surface area (Å²) >= 11 is 0. The highest BCUT2D eigenvalue weighted by Crippen LogP contribution is 2.17. The molecule has 0 unspecified atom stereocenters. The van der Waals surface area contributed by atoms with Gasteiger partial charge in [0.1, 0.15) is 0 Å². The molecule has 0 atom stereocenters. The molecule has 0 N–H and O–H groups in total. The molecule has 0 saturated heterocycles. The van der Waals surface area contributed by atoms with Gasteiger partial charge >= 0.3 is 0 Å². The topological polar surface area (TPSA) is 4.93 Å². The van der Waals surface area contributed by atoms with Crippen molar-refractivity contribution in [3.05, 3.63) is 36.0 Å². The summed E-state index contributed by atoms with van der Waals surface area (Å²) in [6.45, 7) is 0. The lowest BCUT2D eigenvalue weighted by molar-refractivity contribution is 0.963. The fourth-order valence-electron chi connectivity index (χ4n) is 1.68. The molecule has 1 aromatic heterocycles. The molecule has 0 aliphatic carbocycles. The van der Waals surface area contributed by atoms with Crippen molar-refractivity contribution in [2.75, 3.05) is 0 Å². The zero-order valence-corrected chi connectivity index (χ0v) is 8.33. The van der Waals surface area contributed by atoms with E-state index in [1.54, 1.807) is 0 Å². The molecule has 1 heteroatoms. The van der Waals surface area contributed by atoms with Crippen LogP contribution in [0.5, 0.6) is 0 Å². The van der Waals surface area contributed by atoms with E-state index < -0.39 is 0 Å². The Labute approximate surface area is 84.4 Å². The molecular weight excluding hydrogens is 170 g/mol. The van der Waals surface area contributed by atoms with Gasteiger partial charge in [0, 0.05) is 25.2 Å². The predicted molar refractivity (Wildman–Crippen MR) is 60.1 cm³/mol. The van der Waals surface area contributed by atoms with E-state index in [-0.39, 0.29) is 0 Å². The standard InChI is InChI=1S/C13H13N/c1-3-4-5-11-6-7-12-8-9-14(2)13(12)10-11/h1,6-10H,4-5H2,2H3. The summed E-state index contributed by atoms with van der Waals surface area (Å²) in [7, 11) is 2.06. The van der Waals surface area contributed by atoms with E-state index in [9.17, 15) is 0 Å². The average Bonchev–Trinajstić information content (AvgIpc) is 2.57. The van der Waals surface area contributed by atoms with Gasteiger partial charge < -0.3 is 4.57 Å². The second-order valence-electron chi connectivity index (χ2n) is 3.52. The summed E-state index contributed by atoms with van der Waals surface area (Å²) < 4.78 is 2.13. The van der Waals surface area contributed by atoms with Crippen molar-refractivity contribution in [1.29, 1.82) is 0 Å². The molecule has 1 nitrogen and oxygen atoms in total. The molecule has 0 aliphatic rings. The fourth-order valence-corrected chi connectivity index (χ4v) is 1.68. The first-order valence-electron chi connectivity index (χ1n) is 4.78. The van der Waals surface area contributed by atoms with Crippen LogP contribution in [0, 0.1) is 12.3 Å². The molecule has 0 saturated carbocycles. The largest absolute Gasteiger partial charge is 0.351 e. The molecule has 0 amide bonds. The Bertz CT molecular complexity index is 485. The van der Waals surface area contributed by atoms with Crippen LogP contribution in [-0.2, 0) is 13.5 Å². The van der Waals surface area contributed by atoms with Gasteiger partial charge in [0.05, 0.1) is 0 Å². The van der Waals surface area contributed by atoms with Gasteiger partial charge in [-0.15, -0.1) is 12.3 Å². The van der Waals surface area contributed by atoms with Crippen molar-refractivity contribution >= 4 is 10.9 Å². The van der Waals surface area contributed by atoms with Crippen molar-refractivity contribution in [2.45, 2.75) is 12.8 Å². The molecule has 0 bridgehead atoms. The molecular formula is C13H13N. The third kappa shape index (κ3) is 1.52. The minimum absolute atomic E-state index is 0.815. The molecule has 0 aliphatic heterocycles. The van der Waals surface area contributed by atoms with Crippen LogP contribution < -0.4 is 0 Å². The molecule has 1 heterocycles. The maximum atomic E-state index is 5.24. The lowest BCUT2D eigenvalue weighted by Crippen LogP contribution is -1.87. The van der Waals surface area contributed by atoms with Crippen molar-refractivity contribution in [2.24, 2.45) is 7.05 Å². The molecule has 14 heavy (non-hydrogen) atoms. The Balaban J connectivity index is 2.40. The smallest absolute Gasteiger partial charge is 0.0480 e. The number of hydrogen-bond donors (Lipinski definition) is 0. The van der Waals surface area contributed by atoms with Crippen molar-refractivity contribution in [3.63, 3.8) is 0 Å². The van der Waals surface area contributed by atoms with Crippen LogP contribution in [0.25, 0.3) is 10.9 Å². The van der Waals surface area contributed by atoms with Gasteiger partial charge in [-0.05, 0) is 29.5 Å². The van der Waals surface area contributed by atoms with Crippen molar-refractivity contribution < 1.29 is 0 Å². The first-order valence-corrected chi connectivity index (χ1v) is 4.78. The van der Waals surface area contributed by atoms with Gasteiger partial charge in [0.2, 0.25) is 0 Å². The Morgan fingerprint density at radius 1 is 1.36 bits per heavy atom. The van der Waals surface area contributed by atoms with Crippen LogP contribution in [0.4, 0.5) is 0 Å². The van der Waals surface area contributed by atoms with Gasteiger partial charge in [-0.3, -0.25) is 0 Å². The molecule has 2 aromatic rings. The second kappa shape index (κ2) is 3.59. The SMILES string of the molecule is C#CCCc1ccc2ccn(C)c2c1. The van der Waals surface area contributed by atoms with E-state index in [1.807, 2.05) is 0 Å². The van der Waals surface area contributed by atoms with Gasteiger partial charge in [-0.25, -0.2) is 0 Å². The quantitative estimate of drug-likeness (QED) is 0.631. The number of hydrogen-bond acceptors (Lipinski definition) is 0. The summed E-state index contributed by atoms with van der Waals surface area (Å²) in [5.41, 5.74) is 2.59. The first-order chi connectivity index (χ1) is 6.81. The Morgan fingerprint density at radius 3 is 3.00 bits per heavy atom. The maximum Gasteiger partial charge on any atom is 0.0480 e. The van der Waals surface area contributed by atoms with E-state index in [1.165, 1.54) is 16.5 Å². The monoisotopic (exact) mass is 183 g/mol. The van der Waals surface area contributed by atoms with Crippen LogP contribution in [0.1, 0.15) is 12.0 Å². The Morgan fingerprint density at radius 2 is 2.21 bits per heavy atom. The number of nitrogens with zero attached hydrogens (tertiary/aromatic N) is 1. The molecule has 2 rings (SSSR count). The fraction of sp³-hybridized carbons (Fsp3) is 0.231. The second-order valence-corrected chi connectivity index (χ2v) is 3.52. The normalized spacial score (nSPS) is 10.3. The summed E-state index contributed by atoms with van der Waals surface area (Å²) in [5.74, 6) is 2.67. The number of rotatable bonds is 2. The zero-order valence-electron chi connectivity index (χ0n) is 8.33. The summed E-state index contributed by atoms with van der Waals surface area (Å²) in [6.07, 6.45) is 9.11. The first kappa shape index (κ1) is 8.90. The summed E-state index contributed by atoms with van der Waals surface area (Å²) in [5, 5.41) is 1.29. The maximum absolute atomic E-state index is 5.24. The van der Waals surface area contributed by atoms with E-state index >= 15 is 0 Å². The highest BCUT2D eigenvalue weighted by atomic mass is 14.9. The van der Waals surface area contributed by atoms with Crippen LogP contribution in [0.3, 0.4) is 0 Å². The highest BCUT2D eigenvalue weighted by molar-refractivity contribution is 5.80. The lowest BCUT2D eigenvalue weighted by atomic mass is 10.1. The van der Waals surface area contributed by atoms with Gasteiger partial charge in [0.25, 0.3) is 0 Å². The Hall–Kier alpha value is -1.68. The lowest BCUT2D eigenvalue weighted by Gasteiger charge is -2.00. The molecule has 0 radical (unpaired) electrons. The summed E-state index contributed by atoms with van der Waals surface area (Å²) in [6, 6.07) is 8.65. The molecule has 0 fully saturated rings. The minimum Gasteiger partial charge on any atom is -0.351 e. The number of aryl methyl sites for hydroxylation is 2. The molecule has 1 aromatic carbocycles. The van der Waals surface area contributed by atoms with Gasteiger partial charge in [-0.1, -0.05) is 12.1 Å². The van der Waals surface area contributed by atoms with E-state index in [0.717, 1.165) is 12.8 Å². The zero-order chi connectivity index (χ0) is 9.97. The van der Waals surface area contributed by atoms with Crippen LogP contribution in [0.15, 0.2) is 30.5 Å². The predicted octanol–water partition coefficient (Wildman–Crippen LogP) is 2.74. The van der Waals surface area contributed by atoms with E-state index in [4.69, 9.17) is 6.42 Å². The Kier molecular flexibility index (Phi) is 2.28. The van der Waals surface area contributed by atoms with E-state index in [2.05, 4.69) is 48.0 Å². The van der Waals surface area contributed by atoms with Crippen LogP contribution in [0.2, 0.25) is 0 Å². The van der Waals surface area contributed by atoms with Gasteiger partial charge in [0.15, 0.2) is 0 Å². The summed E-state index contributed by atoms with van der Waals surface area (Å²) in [4.78, 5) is 0. The number of terminal acetylenes is 1. The average molecular weight is 183 g/mol. The van der Waals surface area contributed by atoms with Crippen molar-refractivity contribution in [3.8, 4) is 12.3 Å². The number of fused-ring (bicyclic) bond motifs is 1. The molecule has 0 spiro atoms. The molecule has 70 valence electrons. The van der Waals surface area contributed by atoms with Crippen LogP contribution in [-0.4, -0.2) is 4.57 Å². The van der Waals surface area contributed by atoms with Crippen molar-refractivity contribution in [1.82, 2.24) is 4.57 Å². The van der Waals surface area contributed by atoms with Gasteiger partial charge in [-0.2, -0.15) is 0 Å². The van der Waals surface area contributed by atoms with Crippen LogP contribution >= 0.6 is 0 Å². The van der Waals surface area contributed by atoms with E-state index in [0.29, 0.717) is 0 Å².